The van der Waals surface area contributed by atoms with Crippen LogP contribution in [0.5, 0.6) is 0 Å². The first-order valence-corrected chi connectivity index (χ1v) is 3.95. The van der Waals surface area contributed by atoms with Gasteiger partial charge in [0.05, 0.1) is 5.56 Å². The van der Waals surface area contributed by atoms with Crippen LogP contribution >= 0.6 is 0 Å². The van der Waals surface area contributed by atoms with Crippen LogP contribution in [0.15, 0.2) is 24.4 Å². The number of ketones is 1. The molecule has 0 aliphatic carbocycles. The fraction of sp³-hybridized carbons (Fsp3) is 0.200. The first kappa shape index (κ1) is 9.45. The Kier molecular flexibility index (Phi) is 2.46. The summed E-state index contributed by atoms with van der Waals surface area (Å²) in [6.45, 7) is 7.07. The fourth-order valence-electron chi connectivity index (χ4n) is 1.09. The Labute approximate surface area is 77.3 Å². The Morgan fingerprint density at radius 3 is 2.69 bits per heavy atom. The second kappa shape index (κ2) is 3.39. The molecule has 0 radical (unpaired) electrons. The van der Waals surface area contributed by atoms with Crippen LogP contribution in [0, 0.1) is 6.92 Å². The van der Waals surface area contributed by atoms with E-state index >= 15 is 0 Å². The molecule has 1 heterocycles. The number of allylic oxidation sites excluding steroid dienone is 1. The van der Waals surface area contributed by atoms with Crippen LogP contribution < -0.4 is 5.73 Å². The molecule has 0 atom stereocenters. The lowest BCUT2D eigenvalue weighted by Gasteiger charge is -2.06. The molecular weight excluding hydrogens is 164 g/mol. The summed E-state index contributed by atoms with van der Waals surface area (Å²) < 4.78 is 0. The van der Waals surface area contributed by atoms with Gasteiger partial charge in [-0.1, -0.05) is 6.58 Å². The number of hydrogen-bond donors (Lipinski definition) is 1. The lowest BCUT2D eigenvalue weighted by Crippen LogP contribution is -2.08. The highest BCUT2D eigenvalue weighted by Crippen LogP contribution is 2.16. The van der Waals surface area contributed by atoms with E-state index in [1.165, 1.54) is 0 Å². The molecule has 13 heavy (non-hydrogen) atoms. The van der Waals surface area contributed by atoms with Crippen molar-refractivity contribution in [3.05, 3.63) is 35.5 Å². The molecule has 0 saturated heterocycles. The van der Waals surface area contributed by atoms with Gasteiger partial charge in [0.25, 0.3) is 0 Å². The fourth-order valence-corrected chi connectivity index (χ4v) is 1.09. The third-order valence-corrected chi connectivity index (χ3v) is 1.80. The minimum Gasteiger partial charge on any atom is -0.383 e. The quantitative estimate of drug-likeness (QED) is 0.551. The molecule has 1 rings (SSSR count). The zero-order chi connectivity index (χ0) is 10.0. The van der Waals surface area contributed by atoms with E-state index in [4.69, 9.17) is 5.73 Å². The molecule has 0 saturated carbocycles. The lowest BCUT2D eigenvalue weighted by atomic mass is 10.0. The van der Waals surface area contributed by atoms with Crippen molar-refractivity contribution in [1.82, 2.24) is 4.98 Å². The standard InChI is InChI=1S/C10H12N2O/c1-6(2)9(13)8-7(3)4-5-12-10(8)11/h4-5H,1H2,2-3H3,(H2,11,12). The van der Waals surface area contributed by atoms with E-state index < -0.39 is 0 Å². The summed E-state index contributed by atoms with van der Waals surface area (Å²) in [6, 6.07) is 1.76. The molecule has 0 aliphatic rings. The number of rotatable bonds is 2. The van der Waals surface area contributed by atoms with Gasteiger partial charge in [0, 0.05) is 6.20 Å². The normalized spacial score (nSPS) is 9.69. The summed E-state index contributed by atoms with van der Waals surface area (Å²) in [5.41, 5.74) is 7.36. The summed E-state index contributed by atoms with van der Waals surface area (Å²) >= 11 is 0. The zero-order valence-electron chi connectivity index (χ0n) is 7.79. The highest BCUT2D eigenvalue weighted by atomic mass is 16.1. The SMILES string of the molecule is C=C(C)C(=O)c1c(C)ccnc1N. The highest BCUT2D eigenvalue weighted by Gasteiger charge is 2.13. The molecule has 1 aromatic heterocycles. The number of carbonyl (C=O) groups excluding carboxylic acids is 1. The number of anilines is 1. The van der Waals surface area contributed by atoms with E-state index in [9.17, 15) is 4.79 Å². The van der Waals surface area contributed by atoms with Gasteiger partial charge in [-0.15, -0.1) is 0 Å². The van der Waals surface area contributed by atoms with Crippen molar-refractivity contribution in [2.75, 3.05) is 5.73 Å². The Morgan fingerprint density at radius 1 is 1.62 bits per heavy atom. The van der Waals surface area contributed by atoms with Crippen molar-refractivity contribution in [3.63, 3.8) is 0 Å². The van der Waals surface area contributed by atoms with Gasteiger partial charge in [-0.25, -0.2) is 4.98 Å². The predicted molar refractivity (Wildman–Crippen MR) is 52.5 cm³/mol. The van der Waals surface area contributed by atoms with Gasteiger partial charge in [0.1, 0.15) is 5.82 Å². The predicted octanol–water partition coefficient (Wildman–Crippen LogP) is 1.73. The number of pyridine rings is 1. The Hall–Kier alpha value is -1.64. The molecule has 0 aromatic carbocycles. The molecule has 0 unspecified atom stereocenters. The number of hydrogen-bond acceptors (Lipinski definition) is 3. The average Bonchev–Trinajstić information content (AvgIpc) is 2.03. The molecule has 1 aromatic rings. The van der Waals surface area contributed by atoms with Crippen molar-refractivity contribution in [2.24, 2.45) is 0 Å². The summed E-state index contributed by atoms with van der Waals surface area (Å²) in [6.07, 6.45) is 1.58. The molecule has 3 heteroatoms. The van der Waals surface area contributed by atoms with Crippen molar-refractivity contribution < 1.29 is 4.79 Å². The molecule has 0 amide bonds. The van der Waals surface area contributed by atoms with E-state index in [1.807, 2.05) is 6.92 Å². The largest absolute Gasteiger partial charge is 0.383 e. The summed E-state index contributed by atoms with van der Waals surface area (Å²) in [5.74, 6) is 0.135. The van der Waals surface area contributed by atoms with E-state index in [0.29, 0.717) is 11.1 Å². The number of nitrogens with zero attached hydrogens (tertiary/aromatic N) is 1. The van der Waals surface area contributed by atoms with Gasteiger partial charge >= 0.3 is 0 Å². The maximum absolute atomic E-state index is 11.6. The van der Waals surface area contributed by atoms with Crippen molar-refractivity contribution >= 4 is 11.6 Å². The van der Waals surface area contributed by atoms with Crippen molar-refractivity contribution in [1.29, 1.82) is 0 Å². The number of Topliss-reactive ketones (excluding diaryl/α,β-unsaturated/α-hetero) is 1. The Bertz CT molecular complexity index is 349. The molecule has 0 bridgehead atoms. The second-order valence-corrected chi connectivity index (χ2v) is 3.00. The van der Waals surface area contributed by atoms with Gasteiger partial charge in [-0.05, 0) is 31.1 Å². The molecule has 0 spiro atoms. The average molecular weight is 176 g/mol. The number of nitrogen functional groups attached to an aromatic ring is 1. The maximum atomic E-state index is 11.6. The van der Waals surface area contributed by atoms with Crippen LogP contribution in [0.3, 0.4) is 0 Å². The minimum atomic E-state index is -0.136. The van der Waals surface area contributed by atoms with E-state index in [2.05, 4.69) is 11.6 Å². The van der Waals surface area contributed by atoms with Crippen LogP contribution in [0.1, 0.15) is 22.8 Å². The Morgan fingerprint density at radius 2 is 2.23 bits per heavy atom. The molecule has 68 valence electrons. The number of nitrogens with two attached hydrogens (primary N) is 1. The van der Waals surface area contributed by atoms with Crippen LogP contribution in [-0.2, 0) is 0 Å². The van der Waals surface area contributed by atoms with Gasteiger partial charge in [-0.2, -0.15) is 0 Å². The van der Waals surface area contributed by atoms with Gasteiger partial charge < -0.3 is 5.73 Å². The van der Waals surface area contributed by atoms with Crippen molar-refractivity contribution in [3.8, 4) is 0 Å². The molecule has 2 N–H and O–H groups in total. The lowest BCUT2D eigenvalue weighted by molar-refractivity contribution is 0.103. The number of aromatic nitrogens is 1. The molecule has 0 fully saturated rings. The van der Waals surface area contributed by atoms with E-state index in [-0.39, 0.29) is 11.6 Å². The highest BCUT2D eigenvalue weighted by molar-refractivity contribution is 6.11. The van der Waals surface area contributed by atoms with Crippen LogP contribution in [0.25, 0.3) is 0 Å². The minimum absolute atomic E-state index is 0.136. The number of aryl methyl sites for hydroxylation is 1. The van der Waals surface area contributed by atoms with Crippen LogP contribution in [-0.4, -0.2) is 10.8 Å². The van der Waals surface area contributed by atoms with Gasteiger partial charge in [-0.3, -0.25) is 4.79 Å². The third-order valence-electron chi connectivity index (χ3n) is 1.80. The monoisotopic (exact) mass is 176 g/mol. The second-order valence-electron chi connectivity index (χ2n) is 3.00. The maximum Gasteiger partial charge on any atom is 0.192 e. The van der Waals surface area contributed by atoms with Crippen LogP contribution in [0.4, 0.5) is 5.82 Å². The first-order valence-electron chi connectivity index (χ1n) is 3.95. The summed E-state index contributed by atoms with van der Waals surface area (Å²) in [7, 11) is 0. The zero-order valence-corrected chi connectivity index (χ0v) is 7.79. The van der Waals surface area contributed by atoms with E-state index in [1.54, 1.807) is 19.2 Å². The molecular formula is C10H12N2O. The van der Waals surface area contributed by atoms with Gasteiger partial charge in [0.15, 0.2) is 5.78 Å². The first-order chi connectivity index (χ1) is 6.04. The van der Waals surface area contributed by atoms with Crippen LogP contribution in [0.2, 0.25) is 0 Å². The summed E-state index contributed by atoms with van der Waals surface area (Å²) in [5, 5.41) is 0. The topological polar surface area (TPSA) is 56.0 Å². The van der Waals surface area contributed by atoms with E-state index in [0.717, 1.165) is 5.56 Å². The smallest absolute Gasteiger partial charge is 0.192 e. The van der Waals surface area contributed by atoms with Gasteiger partial charge in [0.2, 0.25) is 0 Å². The Balaban J connectivity index is 3.28. The number of carbonyl (C=O) groups is 1. The molecule has 0 aliphatic heterocycles. The van der Waals surface area contributed by atoms with Crippen molar-refractivity contribution in [2.45, 2.75) is 13.8 Å². The summed E-state index contributed by atoms with van der Waals surface area (Å²) in [4.78, 5) is 15.4. The third kappa shape index (κ3) is 1.75. The molecule has 3 nitrogen and oxygen atoms in total.